The van der Waals surface area contributed by atoms with E-state index in [1.807, 2.05) is 43.6 Å². The number of nitrogens with one attached hydrogen (secondary N) is 1. The Morgan fingerprint density at radius 3 is 2.65 bits per heavy atom. The number of benzene rings is 2. The first-order valence-electron chi connectivity index (χ1n) is 11.1. The first-order valence-corrected chi connectivity index (χ1v) is 11.1. The van der Waals surface area contributed by atoms with Crippen molar-refractivity contribution in [2.75, 3.05) is 18.4 Å². The Labute approximate surface area is 196 Å². The Morgan fingerprint density at radius 2 is 1.91 bits per heavy atom. The largest absolute Gasteiger partial charge is 0.324 e. The number of aryl methyl sites for hydroxylation is 1. The normalized spacial score (nSPS) is 15.8. The van der Waals surface area contributed by atoms with Crippen LogP contribution in [-0.4, -0.2) is 43.7 Å². The van der Waals surface area contributed by atoms with E-state index in [9.17, 15) is 8.78 Å². The second-order valence-corrected chi connectivity index (χ2v) is 8.69. The number of halogens is 2. The lowest BCUT2D eigenvalue weighted by molar-refractivity contribution is -0.0566. The summed E-state index contributed by atoms with van der Waals surface area (Å²) < 4.78 is 28.9. The van der Waals surface area contributed by atoms with Crippen LogP contribution in [0.5, 0.6) is 0 Å². The first kappa shape index (κ1) is 22.0. The van der Waals surface area contributed by atoms with Crippen molar-refractivity contribution < 1.29 is 8.78 Å². The highest BCUT2D eigenvalue weighted by Crippen LogP contribution is 2.31. The van der Waals surface area contributed by atoms with Gasteiger partial charge in [0, 0.05) is 74.1 Å². The number of nitrogens with zero attached hydrogens (tertiary/aromatic N) is 5. The summed E-state index contributed by atoms with van der Waals surface area (Å²) in [5, 5.41) is 8.45. The van der Waals surface area contributed by atoms with Crippen LogP contribution in [0.25, 0.3) is 22.0 Å². The molecule has 0 amide bonds. The molecule has 5 rings (SSSR count). The zero-order chi connectivity index (χ0) is 23.7. The van der Waals surface area contributed by atoms with Gasteiger partial charge in [0.15, 0.2) is 0 Å². The average molecular weight is 459 g/mol. The molecule has 1 saturated heterocycles. The Kier molecular flexibility index (Phi) is 5.72. The van der Waals surface area contributed by atoms with Crippen LogP contribution in [-0.2, 0) is 13.6 Å². The van der Waals surface area contributed by atoms with Crippen LogP contribution in [0.15, 0.2) is 55.0 Å². The van der Waals surface area contributed by atoms with Crippen LogP contribution >= 0.6 is 0 Å². The minimum Gasteiger partial charge on any atom is -0.324 e. The van der Waals surface area contributed by atoms with Gasteiger partial charge in [-0.1, -0.05) is 5.92 Å². The highest BCUT2D eigenvalue weighted by Gasteiger charge is 2.33. The van der Waals surface area contributed by atoms with Crippen molar-refractivity contribution in [3.8, 4) is 23.5 Å². The molecule has 2 aromatic carbocycles. The SMILES string of the molecule is C#Cc1ccc2nc(Nc3cc(CN4CCC(F)(F)CC4)cc(-c4cnn(C)c4)c3)ncc2c1. The van der Waals surface area contributed by atoms with Crippen molar-refractivity contribution in [1.29, 1.82) is 0 Å². The van der Waals surface area contributed by atoms with Gasteiger partial charge in [0.25, 0.3) is 5.92 Å². The summed E-state index contributed by atoms with van der Waals surface area (Å²) >= 11 is 0. The smallest absolute Gasteiger partial charge is 0.250 e. The lowest BCUT2D eigenvalue weighted by Gasteiger charge is -2.31. The van der Waals surface area contributed by atoms with E-state index in [-0.39, 0.29) is 12.8 Å². The molecule has 1 aliphatic heterocycles. The molecule has 1 aliphatic rings. The third-order valence-electron chi connectivity index (χ3n) is 6.03. The number of alkyl halides is 2. The highest BCUT2D eigenvalue weighted by atomic mass is 19.3. The molecule has 0 saturated carbocycles. The summed E-state index contributed by atoms with van der Waals surface area (Å²) in [5.41, 5.74) is 5.36. The standard InChI is InChI=1S/C26H24F2N6/c1-3-18-4-5-24-21(10-18)14-29-25(32-24)31-23-12-19(16-34-8-6-26(27,28)7-9-34)11-20(13-23)22-15-30-33(2)17-22/h1,4-5,10-15,17H,6-9,16H2,2H3,(H,29,31,32). The van der Waals surface area contributed by atoms with Gasteiger partial charge in [0.2, 0.25) is 5.95 Å². The van der Waals surface area contributed by atoms with E-state index >= 15 is 0 Å². The van der Waals surface area contributed by atoms with Gasteiger partial charge >= 0.3 is 0 Å². The van der Waals surface area contributed by atoms with Gasteiger partial charge in [-0.05, 0) is 47.5 Å². The van der Waals surface area contributed by atoms with Crippen molar-refractivity contribution in [3.05, 3.63) is 66.1 Å². The predicted octanol–water partition coefficient (Wildman–Crippen LogP) is 4.99. The fourth-order valence-electron chi connectivity index (χ4n) is 4.20. The number of fused-ring (bicyclic) bond motifs is 1. The first-order chi connectivity index (χ1) is 16.4. The molecule has 3 heterocycles. The molecular weight excluding hydrogens is 434 g/mol. The third kappa shape index (κ3) is 4.90. The summed E-state index contributed by atoms with van der Waals surface area (Å²) in [6, 6.07) is 11.7. The van der Waals surface area contributed by atoms with E-state index in [0.29, 0.717) is 25.6 Å². The number of terminal acetylenes is 1. The van der Waals surface area contributed by atoms with Gasteiger partial charge in [0.1, 0.15) is 0 Å². The number of aromatic nitrogens is 4. The number of hydrogen-bond donors (Lipinski definition) is 1. The Hall–Kier alpha value is -3.83. The molecule has 172 valence electrons. The lowest BCUT2D eigenvalue weighted by Crippen LogP contribution is -2.38. The number of rotatable bonds is 5. The Balaban J connectivity index is 1.44. The second-order valence-electron chi connectivity index (χ2n) is 8.69. The summed E-state index contributed by atoms with van der Waals surface area (Å²) in [6.07, 6.45) is 10.8. The maximum atomic E-state index is 13.6. The van der Waals surface area contributed by atoms with Gasteiger partial charge in [0.05, 0.1) is 11.7 Å². The van der Waals surface area contributed by atoms with Crippen LogP contribution in [0.4, 0.5) is 20.4 Å². The fourth-order valence-corrected chi connectivity index (χ4v) is 4.20. The van der Waals surface area contributed by atoms with Crippen molar-refractivity contribution in [3.63, 3.8) is 0 Å². The Bertz CT molecular complexity index is 1380. The van der Waals surface area contributed by atoms with Gasteiger partial charge in [-0.15, -0.1) is 6.42 Å². The van der Waals surface area contributed by atoms with E-state index < -0.39 is 5.92 Å². The number of anilines is 2. The monoisotopic (exact) mass is 458 g/mol. The van der Waals surface area contributed by atoms with Crippen LogP contribution in [0.2, 0.25) is 0 Å². The van der Waals surface area contributed by atoms with Crippen molar-refractivity contribution >= 4 is 22.5 Å². The molecule has 0 atom stereocenters. The van der Waals surface area contributed by atoms with Crippen molar-refractivity contribution in [2.45, 2.75) is 25.3 Å². The molecule has 0 spiro atoms. The van der Waals surface area contributed by atoms with Gasteiger partial charge in [-0.25, -0.2) is 18.7 Å². The third-order valence-corrected chi connectivity index (χ3v) is 6.03. The number of likely N-dealkylation sites (tertiary alicyclic amines) is 1. The van der Waals surface area contributed by atoms with Crippen LogP contribution in [0, 0.1) is 12.3 Å². The molecule has 1 fully saturated rings. The molecule has 34 heavy (non-hydrogen) atoms. The average Bonchev–Trinajstić information content (AvgIpc) is 3.26. The van der Waals surface area contributed by atoms with Crippen molar-refractivity contribution in [1.82, 2.24) is 24.6 Å². The summed E-state index contributed by atoms with van der Waals surface area (Å²) in [7, 11) is 1.87. The zero-order valence-corrected chi connectivity index (χ0v) is 18.8. The minimum atomic E-state index is -2.56. The number of piperidine rings is 1. The summed E-state index contributed by atoms with van der Waals surface area (Å²) in [5.74, 6) is 0.523. The summed E-state index contributed by atoms with van der Waals surface area (Å²) in [4.78, 5) is 11.1. The van der Waals surface area contributed by atoms with E-state index in [2.05, 4.69) is 37.3 Å². The van der Waals surface area contributed by atoms with E-state index in [0.717, 1.165) is 38.8 Å². The molecular formula is C26H24F2N6. The van der Waals surface area contributed by atoms with E-state index in [4.69, 9.17) is 6.42 Å². The topological polar surface area (TPSA) is 58.9 Å². The second kappa shape index (κ2) is 8.84. The lowest BCUT2D eigenvalue weighted by atomic mass is 10.0. The molecule has 0 unspecified atom stereocenters. The van der Waals surface area contributed by atoms with E-state index in [1.54, 1.807) is 17.1 Å². The predicted molar refractivity (Wildman–Crippen MR) is 129 cm³/mol. The zero-order valence-electron chi connectivity index (χ0n) is 18.8. The molecule has 0 bridgehead atoms. The Morgan fingerprint density at radius 1 is 1.09 bits per heavy atom. The molecule has 4 aromatic rings. The van der Waals surface area contributed by atoms with Gasteiger partial charge < -0.3 is 5.32 Å². The van der Waals surface area contributed by atoms with Gasteiger partial charge in [-0.2, -0.15) is 5.10 Å². The fraction of sp³-hybridized carbons (Fsp3) is 0.269. The molecule has 0 radical (unpaired) electrons. The molecule has 6 nitrogen and oxygen atoms in total. The van der Waals surface area contributed by atoms with Gasteiger partial charge in [-0.3, -0.25) is 9.58 Å². The summed E-state index contributed by atoms with van der Waals surface area (Å²) in [6.45, 7) is 1.34. The maximum Gasteiger partial charge on any atom is 0.250 e. The van der Waals surface area contributed by atoms with Crippen LogP contribution < -0.4 is 5.32 Å². The maximum absolute atomic E-state index is 13.6. The molecule has 0 aliphatic carbocycles. The highest BCUT2D eigenvalue weighted by molar-refractivity contribution is 5.81. The molecule has 8 heteroatoms. The molecule has 1 N–H and O–H groups in total. The van der Waals surface area contributed by atoms with E-state index in [1.165, 1.54) is 0 Å². The van der Waals surface area contributed by atoms with Crippen molar-refractivity contribution in [2.24, 2.45) is 7.05 Å². The van der Waals surface area contributed by atoms with Crippen LogP contribution in [0.3, 0.4) is 0 Å². The quantitative estimate of drug-likeness (QED) is 0.427. The minimum absolute atomic E-state index is 0.104. The molecule has 2 aromatic heterocycles. The van der Waals surface area contributed by atoms with Crippen LogP contribution in [0.1, 0.15) is 24.0 Å². The number of hydrogen-bond acceptors (Lipinski definition) is 5.